The van der Waals surface area contributed by atoms with Gasteiger partial charge in [0.25, 0.3) is 0 Å². The van der Waals surface area contributed by atoms with E-state index in [1.807, 2.05) is 12.1 Å². The van der Waals surface area contributed by atoms with Gasteiger partial charge in [0.2, 0.25) is 0 Å². The third-order valence-electron chi connectivity index (χ3n) is 5.54. The molecule has 0 spiro atoms. The van der Waals surface area contributed by atoms with Crippen molar-refractivity contribution < 1.29 is 66.2 Å². The van der Waals surface area contributed by atoms with Crippen molar-refractivity contribution in [2.45, 2.75) is 71.1 Å². The quantitative estimate of drug-likeness (QED) is 0.0970. The molecule has 0 aliphatic rings. The molecule has 0 fully saturated rings. The van der Waals surface area contributed by atoms with Gasteiger partial charge in [-0.15, -0.1) is 0 Å². The van der Waals surface area contributed by atoms with Crippen molar-refractivity contribution in [3.8, 4) is 5.75 Å². The molecule has 1 rings (SSSR count). The van der Waals surface area contributed by atoms with Crippen LogP contribution in [-0.2, 0) is 35.5 Å². The number of hydrogen-bond acceptors (Lipinski definition) is 8. The van der Waals surface area contributed by atoms with Crippen molar-refractivity contribution in [1.29, 1.82) is 0 Å². The van der Waals surface area contributed by atoms with Crippen molar-refractivity contribution in [2.24, 2.45) is 0 Å². The molecule has 0 unspecified atom stereocenters. The molecule has 0 saturated carbocycles. The summed E-state index contributed by atoms with van der Waals surface area (Å²) < 4.78 is 58.5. The Balaban J connectivity index is 0.0000130. The van der Waals surface area contributed by atoms with Crippen molar-refractivity contribution >= 4 is 10.1 Å². The van der Waals surface area contributed by atoms with E-state index >= 15 is 0 Å². The summed E-state index contributed by atoms with van der Waals surface area (Å²) in [5.41, 5.74) is 1.37. The molecule has 0 amide bonds. The number of unbranched alkanes of at least 4 members (excludes halogenated alkanes) is 7. The average Bonchev–Trinajstić information content (AvgIpc) is 2.85. The zero-order chi connectivity index (χ0) is 26.2. The van der Waals surface area contributed by atoms with E-state index in [2.05, 4.69) is 19.1 Å². The smallest absolute Gasteiger partial charge is 0.748 e. The molecule has 0 N–H and O–H groups in total. The fourth-order valence-electron chi connectivity index (χ4n) is 3.53. The predicted molar refractivity (Wildman–Crippen MR) is 141 cm³/mol. The third-order valence-corrected chi connectivity index (χ3v) is 6.33. The molecule has 0 bridgehead atoms. The minimum absolute atomic E-state index is 0. The van der Waals surface area contributed by atoms with Crippen LogP contribution in [0.25, 0.3) is 0 Å². The maximum Gasteiger partial charge on any atom is 1.00 e. The minimum Gasteiger partial charge on any atom is -0.748 e. The summed E-state index contributed by atoms with van der Waals surface area (Å²) in [4.78, 5) is 0. The maximum atomic E-state index is 10.4. The van der Waals surface area contributed by atoms with E-state index in [4.69, 9.17) is 23.7 Å². The standard InChI is InChI=1S/C27H48O8S.Na/c1-2-3-4-5-6-7-8-9-11-26-12-14-27(15-13-26)35-24-23-34-22-21-33-20-19-32-18-17-31-16-10-25-36(28,29)30;/h12-15H,2-11,16-25H2,1H3,(H,28,29,30);/q;+1/p-1. The molecule has 0 aliphatic heterocycles. The number of benzene rings is 1. The second-order valence-electron chi connectivity index (χ2n) is 8.78. The molecule has 37 heavy (non-hydrogen) atoms. The molecular formula is C27H47NaO8S. The van der Waals surface area contributed by atoms with Crippen LogP contribution in [0.2, 0.25) is 0 Å². The predicted octanol–water partition coefficient (Wildman–Crippen LogP) is 1.75. The molecule has 0 atom stereocenters. The normalized spacial score (nSPS) is 11.4. The van der Waals surface area contributed by atoms with Crippen LogP contribution in [0.3, 0.4) is 0 Å². The van der Waals surface area contributed by atoms with E-state index in [1.54, 1.807) is 0 Å². The zero-order valence-corrected chi connectivity index (χ0v) is 25.9. The molecule has 210 valence electrons. The van der Waals surface area contributed by atoms with Crippen LogP contribution in [0.1, 0.15) is 70.3 Å². The van der Waals surface area contributed by atoms with Gasteiger partial charge in [-0.25, -0.2) is 8.42 Å². The molecule has 0 heterocycles. The van der Waals surface area contributed by atoms with E-state index in [0.717, 1.165) is 12.2 Å². The SMILES string of the molecule is CCCCCCCCCCc1ccc(OCCOCCOCCOCCOCCCS(=O)(=O)[O-])cc1.[Na+]. The maximum absolute atomic E-state index is 10.4. The Morgan fingerprint density at radius 3 is 1.59 bits per heavy atom. The van der Waals surface area contributed by atoms with Gasteiger partial charge >= 0.3 is 29.6 Å². The Bertz CT molecular complexity index is 716. The molecular weight excluding hydrogens is 507 g/mol. The Kier molecular flexibility index (Phi) is 25.9. The van der Waals surface area contributed by atoms with E-state index in [9.17, 15) is 13.0 Å². The van der Waals surface area contributed by atoms with Gasteiger partial charge in [0.15, 0.2) is 0 Å². The van der Waals surface area contributed by atoms with Gasteiger partial charge in [0.1, 0.15) is 12.4 Å². The second kappa shape index (κ2) is 26.0. The number of ether oxygens (including phenoxy) is 5. The van der Waals surface area contributed by atoms with Gasteiger partial charge in [0, 0.05) is 12.4 Å². The first-order valence-corrected chi connectivity index (χ1v) is 15.1. The Hall–Kier alpha value is -0.230. The molecule has 0 aliphatic carbocycles. The zero-order valence-electron chi connectivity index (χ0n) is 23.1. The molecule has 0 aromatic heterocycles. The summed E-state index contributed by atoms with van der Waals surface area (Å²) in [7, 11) is -4.16. The topological polar surface area (TPSA) is 103 Å². The van der Waals surface area contributed by atoms with E-state index in [-0.39, 0.29) is 42.6 Å². The van der Waals surface area contributed by atoms with Crippen LogP contribution in [0.5, 0.6) is 5.75 Å². The first-order chi connectivity index (χ1) is 17.5. The molecule has 1 aromatic rings. The average molecular weight is 555 g/mol. The van der Waals surface area contributed by atoms with Crippen molar-refractivity contribution in [3.63, 3.8) is 0 Å². The molecule has 10 heteroatoms. The fraction of sp³-hybridized carbons (Fsp3) is 0.778. The van der Waals surface area contributed by atoms with E-state index in [0.29, 0.717) is 52.9 Å². The van der Waals surface area contributed by atoms with Crippen molar-refractivity contribution in [1.82, 2.24) is 0 Å². The summed E-state index contributed by atoms with van der Waals surface area (Å²) in [5, 5.41) is 0. The molecule has 1 aromatic carbocycles. The number of rotatable bonds is 26. The van der Waals surface area contributed by atoms with Gasteiger partial charge in [-0.1, -0.05) is 64.0 Å². The van der Waals surface area contributed by atoms with Gasteiger partial charge in [-0.05, 0) is 37.0 Å². The molecule has 8 nitrogen and oxygen atoms in total. The summed E-state index contributed by atoms with van der Waals surface area (Å²) in [6, 6.07) is 8.37. The van der Waals surface area contributed by atoms with Crippen LogP contribution < -0.4 is 34.3 Å². The first kappa shape index (κ1) is 36.8. The second-order valence-corrected chi connectivity index (χ2v) is 10.3. The fourth-order valence-corrected chi connectivity index (χ4v) is 4.00. The molecule has 0 saturated heterocycles. The Morgan fingerprint density at radius 1 is 0.622 bits per heavy atom. The van der Waals surface area contributed by atoms with Gasteiger partial charge in [-0.2, -0.15) is 0 Å². The van der Waals surface area contributed by atoms with Crippen LogP contribution in [0.15, 0.2) is 24.3 Å². The van der Waals surface area contributed by atoms with Gasteiger partial charge in [-0.3, -0.25) is 0 Å². The monoisotopic (exact) mass is 554 g/mol. The molecule has 0 radical (unpaired) electrons. The van der Waals surface area contributed by atoms with Gasteiger partial charge in [0.05, 0.1) is 56.4 Å². The number of aryl methyl sites for hydroxylation is 1. The summed E-state index contributed by atoms with van der Waals surface area (Å²) in [6.45, 7) is 6.11. The van der Waals surface area contributed by atoms with Crippen molar-refractivity contribution in [3.05, 3.63) is 29.8 Å². The van der Waals surface area contributed by atoms with Crippen molar-refractivity contribution in [2.75, 3.05) is 65.2 Å². The Labute approximate surface area is 247 Å². The largest absolute Gasteiger partial charge is 1.00 e. The van der Waals surface area contributed by atoms with Crippen LogP contribution in [0, 0.1) is 0 Å². The van der Waals surface area contributed by atoms with E-state index in [1.165, 1.54) is 56.9 Å². The summed E-state index contributed by atoms with van der Waals surface area (Å²) in [6.07, 6.45) is 12.1. The Morgan fingerprint density at radius 2 is 1.08 bits per heavy atom. The van der Waals surface area contributed by atoms with Crippen LogP contribution >= 0.6 is 0 Å². The van der Waals surface area contributed by atoms with Gasteiger partial charge < -0.3 is 28.2 Å². The summed E-state index contributed by atoms with van der Waals surface area (Å²) >= 11 is 0. The van der Waals surface area contributed by atoms with E-state index < -0.39 is 15.9 Å². The van der Waals surface area contributed by atoms with Crippen LogP contribution in [0.4, 0.5) is 0 Å². The van der Waals surface area contributed by atoms with Crippen LogP contribution in [-0.4, -0.2) is 78.2 Å². The third kappa shape index (κ3) is 25.8. The summed E-state index contributed by atoms with van der Waals surface area (Å²) in [5.74, 6) is 0.466. The number of hydrogen-bond donors (Lipinski definition) is 0. The minimum atomic E-state index is -4.16. The first-order valence-electron chi connectivity index (χ1n) is 13.5.